The number of hydrogen-bond acceptors (Lipinski definition) is 5. The van der Waals surface area contributed by atoms with Crippen LogP contribution in [0.15, 0.2) is 18.2 Å². The Labute approximate surface area is 148 Å². The zero-order chi connectivity index (χ0) is 19.1. The maximum absolute atomic E-state index is 12.2. The monoisotopic (exact) mass is 371 g/mol. The third-order valence-corrected chi connectivity index (χ3v) is 3.39. The van der Waals surface area contributed by atoms with Gasteiger partial charge in [0.2, 0.25) is 5.91 Å². The number of carbonyl (C=O) groups is 3. The quantitative estimate of drug-likeness (QED) is 0.526. The molecule has 1 aromatic rings. The normalized spacial score (nSPS) is 10.4. The first-order valence-corrected chi connectivity index (χ1v) is 7.72. The number of rotatable bonds is 8. The number of benzene rings is 1. The highest BCUT2D eigenvalue weighted by Crippen LogP contribution is 2.25. The molecule has 0 atom stereocenters. The van der Waals surface area contributed by atoms with Crippen molar-refractivity contribution in [3.05, 3.63) is 38.9 Å². The molecular formula is C15H18ClN3O6. The molecule has 0 aliphatic heterocycles. The summed E-state index contributed by atoms with van der Waals surface area (Å²) < 4.78 is 0. The number of carboxylic acids is 1. The fourth-order valence-electron chi connectivity index (χ4n) is 2.10. The zero-order valence-electron chi connectivity index (χ0n) is 13.7. The lowest BCUT2D eigenvalue weighted by molar-refractivity contribution is -0.385. The second-order valence-corrected chi connectivity index (χ2v) is 6.04. The number of nitro benzene ring substituents is 1. The average molecular weight is 372 g/mol. The van der Waals surface area contributed by atoms with Crippen LogP contribution in [0.1, 0.15) is 24.2 Å². The van der Waals surface area contributed by atoms with Crippen LogP contribution in [0.5, 0.6) is 0 Å². The van der Waals surface area contributed by atoms with Crippen molar-refractivity contribution >= 4 is 35.1 Å². The van der Waals surface area contributed by atoms with E-state index in [1.54, 1.807) is 0 Å². The van der Waals surface area contributed by atoms with E-state index in [2.05, 4.69) is 5.32 Å². The predicted molar refractivity (Wildman–Crippen MR) is 89.5 cm³/mol. The van der Waals surface area contributed by atoms with Crippen LogP contribution in [-0.4, -0.2) is 52.3 Å². The van der Waals surface area contributed by atoms with Gasteiger partial charge in [0.15, 0.2) is 0 Å². The molecule has 0 saturated heterocycles. The highest BCUT2D eigenvalue weighted by atomic mass is 35.5. The summed E-state index contributed by atoms with van der Waals surface area (Å²) in [5, 5.41) is 22.0. The topological polar surface area (TPSA) is 130 Å². The molecule has 2 N–H and O–H groups in total. The van der Waals surface area contributed by atoms with Gasteiger partial charge in [-0.2, -0.15) is 0 Å². The molecule has 0 radical (unpaired) electrons. The average Bonchev–Trinajstić information content (AvgIpc) is 2.50. The molecule has 0 aliphatic carbocycles. The van der Waals surface area contributed by atoms with Gasteiger partial charge in [-0.1, -0.05) is 31.5 Å². The third-order valence-electron chi connectivity index (χ3n) is 3.08. The standard InChI is InChI=1S/C15H18ClN3O6/c1-9(2)7-18(8-13(21)22)12(20)6-17-15(23)14-10(16)4-3-5-11(14)19(24)25/h3-5,9H,6-8H2,1-2H3,(H,17,23)(H,21,22). The maximum atomic E-state index is 12.2. The minimum Gasteiger partial charge on any atom is -0.480 e. The van der Waals surface area contributed by atoms with Crippen LogP contribution in [0.3, 0.4) is 0 Å². The van der Waals surface area contributed by atoms with Crippen molar-refractivity contribution in [2.75, 3.05) is 19.6 Å². The van der Waals surface area contributed by atoms with Crippen LogP contribution in [0.25, 0.3) is 0 Å². The van der Waals surface area contributed by atoms with E-state index in [0.29, 0.717) is 0 Å². The highest BCUT2D eigenvalue weighted by Gasteiger charge is 2.25. The Bertz CT molecular complexity index is 692. The molecule has 136 valence electrons. The third kappa shape index (κ3) is 6.03. The number of nitrogens with one attached hydrogen (secondary N) is 1. The fraction of sp³-hybridized carbons (Fsp3) is 0.400. The van der Waals surface area contributed by atoms with E-state index in [1.807, 2.05) is 13.8 Å². The molecule has 9 nitrogen and oxygen atoms in total. The Balaban J connectivity index is 2.86. The highest BCUT2D eigenvalue weighted by molar-refractivity contribution is 6.34. The van der Waals surface area contributed by atoms with Crippen molar-refractivity contribution in [2.24, 2.45) is 5.92 Å². The molecule has 0 unspecified atom stereocenters. The smallest absolute Gasteiger partial charge is 0.323 e. The number of halogens is 1. The van der Waals surface area contributed by atoms with Gasteiger partial charge in [-0.05, 0) is 12.0 Å². The number of nitro groups is 1. The van der Waals surface area contributed by atoms with Crippen LogP contribution in [0.4, 0.5) is 5.69 Å². The molecule has 0 heterocycles. The first kappa shape index (κ1) is 20.4. The van der Waals surface area contributed by atoms with Crippen LogP contribution < -0.4 is 5.32 Å². The van der Waals surface area contributed by atoms with Crippen molar-refractivity contribution < 1.29 is 24.4 Å². The number of carboxylic acid groups (broad SMARTS) is 1. The molecular weight excluding hydrogens is 354 g/mol. The van der Waals surface area contributed by atoms with Gasteiger partial charge < -0.3 is 15.3 Å². The summed E-state index contributed by atoms with van der Waals surface area (Å²) in [6.45, 7) is 2.83. The van der Waals surface area contributed by atoms with E-state index in [1.165, 1.54) is 12.1 Å². The van der Waals surface area contributed by atoms with Gasteiger partial charge >= 0.3 is 5.97 Å². The number of nitrogens with zero attached hydrogens (tertiary/aromatic N) is 2. The molecule has 1 aromatic carbocycles. The van der Waals surface area contributed by atoms with Crippen LogP contribution in [0, 0.1) is 16.0 Å². The molecule has 0 bridgehead atoms. The number of hydrogen-bond donors (Lipinski definition) is 2. The number of aliphatic carboxylic acids is 1. The first-order valence-electron chi connectivity index (χ1n) is 7.34. The molecule has 0 aliphatic rings. The number of amides is 2. The molecule has 0 fully saturated rings. The minimum absolute atomic E-state index is 0.0312. The van der Waals surface area contributed by atoms with E-state index >= 15 is 0 Å². The van der Waals surface area contributed by atoms with E-state index in [4.69, 9.17) is 16.7 Å². The number of carbonyl (C=O) groups excluding carboxylic acids is 2. The van der Waals surface area contributed by atoms with Crippen LogP contribution in [0.2, 0.25) is 5.02 Å². The lowest BCUT2D eigenvalue weighted by Gasteiger charge is -2.22. The first-order chi connectivity index (χ1) is 11.6. The van der Waals surface area contributed by atoms with Gasteiger partial charge in [-0.15, -0.1) is 0 Å². The predicted octanol–water partition coefficient (Wildman–Crippen LogP) is 1.55. The van der Waals surface area contributed by atoms with Crippen molar-refractivity contribution in [3.8, 4) is 0 Å². The summed E-state index contributed by atoms with van der Waals surface area (Å²) in [6, 6.07) is 3.78. The second kappa shape index (κ2) is 8.97. The van der Waals surface area contributed by atoms with E-state index < -0.39 is 41.5 Å². The summed E-state index contributed by atoms with van der Waals surface area (Å²) in [7, 11) is 0. The molecule has 2 amide bonds. The summed E-state index contributed by atoms with van der Waals surface area (Å²) in [6.07, 6.45) is 0. The lowest BCUT2D eigenvalue weighted by atomic mass is 10.1. The van der Waals surface area contributed by atoms with Crippen molar-refractivity contribution in [1.82, 2.24) is 10.2 Å². The van der Waals surface area contributed by atoms with Gasteiger partial charge in [0, 0.05) is 12.6 Å². The van der Waals surface area contributed by atoms with Gasteiger partial charge in [-0.25, -0.2) is 0 Å². The second-order valence-electron chi connectivity index (χ2n) is 5.64. The molecule has 1 rings (SSSR count). The largest absolute Gasteiger partial charge is 0.480 e. The minimum atomic E-state index is -1.18. The maximum Gasteiger partial charge on any atom is 0.323 e. The van der Waals surface area contributed by atoms with Crippen LogP contribution in [-0.2, 0) is 9.59 Å². The lowest BCUT2D eigenvalue weighted by Crippen LogP contribution is -2.44. The molecule has 10 heteroatoms. The molecule has 25 heavy (non-hydrogen) atoms. The van der Waals surface area contributed by atoms with Gasteiger partial charge in [-0.3, -0.25) is 24.5 Å². The van der Waals surface area contributed by atoms with Gasteiger partial charge in [0.25, 0.3) is 11.6 Å². The van der Waals surface area contributed by atoms with Crippen molar-refractivity contribution in [1.29, 1.82) is 0 Å². The summed E-state index contributed by atoms with van der Waals surface area (Å²) in [5.41, 5.74) is -0.836. The van der Waals surface area contributed by atoms with Crippen molar-refractivity contribution in [2.45, 2.75) is 13.8 Å². The Kier molecular flexibility index (Phi) is 7.31. The van der Waals surface area contributed by atoms with E-state index in [-0.39, 0.29) is 23.0 Å². The Morgan fingerprint density at radius 2 is 2.00 bits per heavy atom. The summed E-state index contributed by atoms with van der Waals surface area (Å²) in [4.78, 5) is 46.5. The fourth-order valence-corrected chi connectivity index (χ4v) is 2.36. The van der Waals surface area contributed by atoms with Gasteiger partial charge in [0.1, 0.15) is 12.1 Å². The van der Waals surface area contributed by atoms with E-state index in [9.17, 15) is 24.5 Å². The summed E-state index contributed by atoms with van der Waals surface area (Å²) in [5.74, 6) is -2.64. The van der Waals surface area contributed by atoms with Gasteiger partial charge in [0.05, 0.1) is 16.5 Å². The Morgan fingerprint density at radius 3 is 2.52 bits per heavy atom. The Morgan fingerprint density at radius 1 is 1.36 bits per heavy atom. The molecule has 0 saturated carbocycles. The zero-order valence-corrected chi connectivity index (χ0v) is 14.4. The molecule has 0 aromatic heterocycles. The van der Waals surface area contributed by atoms with Crippen LogP contribution >= 0.6 is 11.6 Å². The SMILES string of the molecule is CC(C)CN(CC(=O)O)C(=O)CNC(=O)c1c(Cl)cccc1[N+](=O)[O-]. The van der Waals surface area contributed by atoms with Crippen molar-refractivity contribution in [3.63, 3.8) is 0 Å². The van der Waals surface area contributed by atoms with E-state index in [0.717, 1.165) is 11.0 Å². The molecule has 0 spiro atoms. The Hall–Kier alpha value is -2.68. The summed E-state index contributed by atoms with van der Waals surface area (Å²) >= 11 is 5.85.